The second-order valence-corrected chi connectivity index (χ2v) is 4.07. The number of hydrogen-bond donors (Lipinski definition) is 2. The highest BCUT2D eigenvalue weighted by molar-refractivity contribution is 5.79. The highest BCUT2D eigenvalue weighted by Crippen LogP contribution is 2.36. The van der Waals surface area contributed by atoms with Crippen molar-refractivity contribution in [2.75, 3.05) is 6.54 Å². The molecule has 0 aromatic carbocycles. The lowest BCUT2D eigenvalue weighted by molar-refractivity contribution is -0.131. The SMILES string of the molecule is CC1(CN/C=C/C(=O)O)CCCC1. The molecule has 0 heterocycles. The van der Waals surface area contributed by atoms with Crippen LogP contribution in [0.3, 0.4) is 0 Å². The molecule has 1 aliphatic carbocycles. The summed E-state index contributed by atoms with van der Waals surface area (Å²) < 4.78 is 0. The minimum atomic E-state index is -0.899. The van der Waals surface area contributed by atoms with E-state index >= 15 is 0 Å². The lowest BCUT2D eigenvalue weighted by Gasteiger charge is -2.22. The van der Waals surface area contributed by atoms with Crippen LogP contribution in [0.5, 0.6) is 0 Å². The molecule has 1 fully saturated rings. The summed E-state index contributed by atoms with van der Waals surface area (Å²) in [5.74, 6) is -0.899. The van der Waals surface area contributed by atoms with Gasteiger partial charge in [-0.3, -0.25) is 0 Å². The van der Waals surface area contributed by atoms with Gasteiger partial charge in [0.1, 0.15) is 0 Å². The van der Waals surface area contributed by atoms with Gasteiger partial charge in [-0.05, 0) is 18.3 Å². The summed E-state index contributed by atoms with van der Waals surface area (Å²) in [5.41, 5.74) is 0.378. The van der Waals surface area contributed by atoms with Gasteiger partial charge in [0, 0.05) is 18.8 Å². The quantitative estimate of drug-likeness (QED) is 0.653. The molecule has 1 aliphatic rings. The third-order valence-electron chi connectivity index (χ3n) is 2.68. The van der Waals surface area contributed by atoms with E-state index in [-0.39, 0.29) is 0 Å². The maximum atomic E-state index is 10.1. The molecule has 2 N–H and O–H groups in total. The summed E-state index contributed by atoms with van der Waals surface area (Å²) in [5, 5.41) is 11.4. The number of rotatable bonds is 4. The average Bonchev–Trinajstić information content (AvgIpc) is 2.47. The highest BCUT2D eigenvalue weighted by atomic mass is 16.4. The van der Waals surface area contributed by atoms with Crippen molar-refractivity contribution in [3.8, 4) is 0 Å². The first kappa shape index (κ1) is 10.1. The lowest BCUT2D eigenvalue weighted by Crippen LogP contribution is -2.26. The van der Waals surface area contributed by atoms with Gasteiger partial charge in [0.2, 0.25) is 0 Å². The number of hydrogen-bond acceptors (Lipinski definition) is 2. The van der Waals surface area contributed by atoms with Crippen LogP contribution in [0, 0.1) is 5.41 Å². The molecule has 0 saturated heterocycles. The van der Waals surface area contributed by atoms with Gasteiger partial charge in [-0.1, -0.05) is 19.8 Å². The van der Waals surface area contributed by atoms with Gasteiger partial charge in [0.25, 0.3) is 0 Å². The Morgan fingerprint density at radius 2 is 2.15 bits per heavy atom. The zero-order valence-electron chi connectivity index (χ0n) is 8.05. The van der Waals surface area contributed by atoms with Crippen LogP contribution in [0.4, 0.5) is 0 Å². The molecule has 0 aromatic rings. The van der Waals surface area contributed by atoms with Crippen LogP contribution in [-0.4, -0.2) is 17.6 Å². The summed E-state index contributed by atoms with van der Waals surface area (Å²) in [4.78, 5) is 10.1. The normalized spacial score (nSPS) is 20.7. The molecular weight excluding hydrogens is 166 g/mol. The average molecular weight is 183 g/mol. The topological polar surface area (TPSA) is 49.3 Å². The van der Waals surface area contributed by atoms with Crippen LogP contribution in [0.15, 0.2) is 12.3 Å². The van der Waals surface area contributed by atoms with Crippen LogP contribution in [0.25, 0.3) is 0 Å². The molecule has 74 valence electrons. The predicted molar refractivity (Wildman–Crippen MR) is 51.4 cm³/mol. The van der Waals surface area contributed by atoms with Crippen molar-refractivity contribution in [2.24, 2.45) is 5.41 Å². The van der Waals surface area contributed by atoms with Crippen molar-refractivity contribution in [3.05, 3.63) is 12.3 Å². The van der Waals surface area contributed by atoms with E-state index in [0.29, 0.717) is 5.41 Å². The summed E-state index contributed by atoms with van der Waals surface area (Å²) in [6.45, 7) is 3.14. The monoisotopic (exact) mass is 183 g/mol. The number of carboxylic acid groups (broad SMARTS) is 1. The Morgan fingerprint density at radius 3 is 2.69 bits per heavy atom. The lowest BCUT2D eigenvalue weighted by atomic mass is 9.89. The third kappa shape index (κ3) is 3.49. The molecule has 0 atom stereocenters. The van der Waals surface area contributed by atoms with Crippen LogP contribution >= 0.6 is 0 Å². The maximum Gasteiger partial charge on any atom is 0.329 e. The van der Waals surface area contributed by atoms with Gasteiger partial charge in [-0.2, -0.15) is 0 Å². The zero-order valence-corrected chi connectivity index (χ0v) is 8.05. The Kier molecular flexibility index (Phi) is 3.34. The van der Waals surface area contributed by atoms with Crippen LogP contribution in [0.2, 0.25) is 0 Å². The van der Waals surface area contributed by atoms with E-state index in [0.717, 1.165) is 12.6 Å². The summed E-state index contributed by atoms with van der Waals surface area (Å²) in [6.07, 6.45) is 7.77. The molecule has 0 aliphatic heterocycles. The summed E-state index contributed by atoms with van der Waals surface area (Å²) in [7, 11) is 0. The van der Waals surface area contributed by atoms with Gasteiger partial charge in [-0.15, -0.1) is 0 Å². The molecule has 1 rings (SSSR count). The van der Waals surface area contributed by atoms with Gasteiger partial charge >= 0.3 is 5.97 Å². The summed E-state index contributed by atoms with van der Waals surface area (Å²) >= 11 is 0. The minimum absolute atomic E-state index is 0.378. The molecule has 3 heteroatoms. The van der Waals surface area contributed by atoms with Crippen molar-refractivity contribution in [1.82, 2.24) is 5.32 Å². The van der Waals surface area contributed by atoms with Crippen LogP contribution in [0.1, 0.15) is 32.6 Å². The molecule has 0 aromatic heterocycles. The summed E-state index contributed by atoms with van der Waals surface area (Å²) in [6, 6.07) is 0. The van der Waals surface area contributed by atoms with Crippen LogP contribution in [-0.2, 0) is 4.79 Å². The maximum absolute atomic E-state index is 10.1. The van der Waals surface area contributed by atoms with Crippen molar-refractivity contribution >= 4 is 5.97 Å². The van der Waals surface area contributed by atoms with E-state index in [1.54, 1.807) is 0 Å². The predicted octanol–water partition coefficient (Wildman–Crippen LogP) is 1.75. The Bertz CT molecular complexity index is 205. The fourth-order valence-corrected chi connectivity index (χ4v) is 1.84. The smallest absolute Gasteiger partial charge is 0.329 e. The van der Waals surface area contributed by atoms with E-state index in [1.165, 1.54) is 31.9 Å². The van der Waals surface area contributed by atoms with Crippen molar-refractivity contribution in [1.29, 1.82) is 0 Å². The third-order valence-corrected chi connectivity index (χ3v) is 2.68. The first-order chi connectivity index (χ1) is 6.12. The Hall–Kier alpha value is -0.990. The Morgan fingerprint density at radius 1 is 1.54 bits per heavy atom. The zero-order chi connectivity index (χ0) is 9.73. The molecule has 1 saturated carbocycles. The molecule has 0 unspecified atom stereocenters. The second-order valence-electron chi connectivity index (χ2n) is 4.07. The van der Waals surface area contributed by atoms with Crippen molar-refractivity contribution < 1.29 is 9.90 Å². The molecule has 3 nitrogen and oxygen atoms in total. The van der Waals surface area contributed by atoms with Crippen LogP contribution < -0.4 is 5.32 Å². The first-order valence-corrected chi connectivity index (χ1v) is 4.75. The largest absolute Gasteiger partial charge is 0.478 e. The van der Waals surface area contributed by atoms with Gasteiger partial charge < -0.3 is 10.4 Å². The minimum Gasteiger partial charge on any atom is -0.478 e. The molecule has 13 heavy (non-hydrogen) atoms. The van der Waals surface area contributed by atoms with Gasteiger partial charge in [0.15, 0.2) is 0 Å². The first-order valence-electron chi connectivity index (χ1n) is 4.75. The highest BCUT2D eigenvalue weighted by Gasteiger charge is 2.27. The molecule has 0 radical (unpaired) electrons. The molecular formula is C10H17NO2. The molecule has 0 spiro atoms. The Balaban J connectivity index is 2.21. The number of carboxylic acids is 1. The van der Waals surface area contributed by atoms with E-state index in [1.807, 2.05) is 0 Å². The van der Waals surface area contributed by atoms with Gasteiger partial charge in [0.05, 0.1) is 0 Å². The van der Waals surface area contributed by atoms with E-state index in [4.69, 9.17) is 5.11 Å². The Labute approximate surface area is 78.8 Å². The van der Waals surface area contributed by atoms with E-state index in [9.17, 15) is 4.79 Å². The number of aliphatic carboxylic acids is 1. The molecule has 0 bridgehead atoms. The second kappa shape index (κ2) is 4.30. The van der Waals surface area contributed by atoms with Crippen molar-refractivity contribution in [2.45, 2.75) is 32.6 Å². The van der Waals surface area contributed by atoms with E-state index < -0.39 is 5.97 Å². The number of carbonyl (C=O) groups is 1. The fourth-order valence-electron chi connectivity index (χ4n) is 1.84. The standard InChI is InChI=1S/C10H17NO2/c1-10(5-2-3-6-10)8-11-7-4-9(12)13/h4,7,11H,2-3,5-6,8H2,1H3,(H,12,13)/b7-4+. The van der Waals surface area contributed by atoms with E-state index in [2.05, 4.69) is 12.2 Å². The van der Waals surface area contributed by atoms with Gasteiger partial charge in [-0.25, -0.2) is 4.79 Å². The van der Waals surface area contributed by atoms with Crippen molar-refractivity contribution in [3.63, 3.8) is 0 Å². The number of nitrogens with one attached hydrogen (secondary N) is 1. The molecule has 0 amide bonds. The fraction of sp³-hybridized carbons (Fsp3) is 0.700.